The molecule has 0 saturated heterocycles. The Morgan fingerprint density at radius 1 is 1.00 bits per heavy atom. The number of ether oxygens (including phenoxy) is 1. The van der Waals surface area contributed by atoms with E-state index in [0.717, 1.165) is 11.1 Å². The lowest BCUT2D eigenvalue weighted by molar-refractivity contribution is 0.416. The highest BCUT2D eigenvalue weighted by molar-refractivity contribution is 5.71. The Hall–Kier alpha value is -1.83. The number of benzene rings is 2. The van der Waals surface area contributed by atoms with Crippen LogP contribution < -0.4 is 4.74 Å². The molecule has 82 valence electrons. The van der Waals surface area contributed by atoms with E-state index in [2.05, 4.69) is 0 Å². The molecule has 0 aliphatic carbocycles. The lowest BCUT2D eigenvalue weighted by Gasteiger charge is -2.10. The molecule has 0 bridgehead atoms. The van der Waals surface area contributed by atoms with E-state index in [1.165, 1.54) is 6.07 Å². The van der Waals surface area contributed by atoms with Crippen LogP contribution in [0.5, 0.6) is 5.75 Å². The average Bonchev–Trinajstić information content (AvgIpc) is 2.29. The van der Waals surface area contributed by atoms with Crippen LogP contribution >= 0.6 is 0 Å². The van der Waals surface area contributed by atoms with Gasteiger partial charge in [0, 0.05) is 11.1 Å². The first-order valence-electron chi connectivity index (χ1n) is 5.12. The van der Waals surface area contributed by atoms with Gasteiger partial charge in [0.1, 0.15) is 11.6 Å². The minimum Gasteiger partial charge on any atom is -0.496 e. The summed E-state index contributed by atoms with van der Waals surface area (Å²) in [7, 11) is 1.59. The lowest BCUT2D eigenvalue weighted by Crippen LogP contribution is -1.91. The van der Waals surface area contributed by atoms with Crippen LogP contribution in [0.2, 0.25) is 0 Å². The van der Waals surface area contributed by atoms with E-state index in [0.29, 0.717) is 11.3 Å². The highest BCUT2D eigenvalue weighted by Gasteiger charge is 2.09. The Kier molecular flexibility index (Phi) is 2.91. The molecule has 0 fully saturated rings. The fourth-order valence-electron chi connectivity index (χ4n) is 1.71. The third-order valence-electron chi connectivity index (χ3n) is 2.52. The first-order valence-corrected chi connectivity index (χ1v) is 5.12. The molecule has 2 rings (SSSR count). The van der Waals surface area contributed by atoms with Gasteiger partial charge in [-0.25, -0.2) is 4.39 Å². The number of aryl methyl sites for hydroxylation is 1. The predicted molar refractivity (Wildman–Crippen MR) is 63.1 cm³/mol. The molecule has 16 heavy (non-hydrogen) atoms. The summed E-state index contributed by atoms with van der Waals surface area (Å²) >= 11 is 0. The summed E-state index contributed by atoms with van der Waals surface area (Å²) in [6, 6.07) is 12.4. The first-order chi connectivity index (χ1) is 7.72. The van der Waals surface area contributed by atoms with Crippen LogP contribution in [0.3, 0.4) is 0 Å². The van der Waals surface area contributed by atoms with Gasteiger partial charge in [-0.05, 0) is 25.1 Å². The Balaban J connectivity index is 2.63. The summed E-state index contributed by atoms with van der Waals surface area (Å²) in [5, 5.41) is 0. The van der Waals surface area contributed by atoms with Gasteiger partial charge in [-0.15, -0.1) is 0 Å². The molecule has 0 heterocycles. The Morgan fingerprint density at radius 2 is 1.75 bits per heavy atom. The van der Waals surface area contributed by atoms with Crippen LogP contribution in [0.15, 0.2) is 42.5 Å². The molecule has 2 heteroatoms. The van der Waals surface area contributed by atoms with Crippen LogP contribution in [-0.4, -0.2) is 7.11 Å². The molecule has 2 aromatic rings. The van der Waals surface area contributed by atoms with Crippen molar-refractivity contribution in [3.05, 3.63) is 53.8 Å². The number of methoxy groups -OCH3 is 1. The third-order valence-corrected chi connectivity index (χ3v) is 2.52. The molecule has 0 unspecified atom stereocenters. The van der Waals surface area contributed by atoms with Gasteiger partial charge in [0.2, 0.25) is 0 Å². The van der Waals surface area contributed by atoms with E-state index in [-0.39, 0.29) is 5.82 Å². The summed E-state index contributed by atoms with van der Waals surface area (Å²) in [5.41, 5.74) is 2.45. The molecule has 0 spiro atoms. The van der Waals surface area contributed by atoms with Crippen LogP contribution in [0, 0.1) is 12.7 Å². The molecule has 0 radical (unpaired) electrons. The summed E-state index contributed by atoms with van der Waals surface area (Å²) < 4.78 is 18.9. The molecule has 0 N–H and O–H groups in total. The highest BCUT2D eigenvalue weighted by Crippen LogP contribution is 2.32. The van der Waals surface area contributed by atoms with Gasteiger partial charge >= 0.3 is 0 Å². The van der Waals surface area contributed by atoms with E-state index in [1.54, 1.807) is 19.2 Å². The van der Waals surface area contributed by atoms with Gasteiger partial charge in [-0.1, -0.05) is 29.8 Å². The molecule has 1 nitrogen and oxygen atoms in total. The lowest BCUT2D eigenvalue weighted by atomic mass is 10.0. The minimum absolute atomic E-state index is 0.230. The summed E-state index contributed by atoms with van der Waals surface area (Å²) in [4.78, 5) is 0. The topological polar surface area (TPSA) is 9.23 Å². The number of halogens is 1. The fourth-order valence-corrected chi connectivity index (χ4v) is 1.71. The second-order valence-electron chi connectivity index (χ2n) is 3.68. The zero-order valence-corrected chi connectivity index (χ0v) is 9.33. The second-order valence-corrected chi connectivity index (χ2v) is 3.68. The van der Waals surface area contributed by atoms with E-state index in [9.17, 15) is 4.39 Å². The summed E-state index contributed by atoms with van der Waals surface area (Å²) in [6.45, 7) is 1.98. The predicted octanol–water partition coefficient (Wildman–Crippen LogP) is 3.81. The summed E-state index contributed by atoms with van der Waals surface area (Å²) in [6.07, 6.45) is 0. The van der Waals surface area contributed by atoms with E-state index in [1.807, 2.05) is 31.2 Å². The van der Waals surface area contributed by atoms with Crippen LogP contribution in [0.25, 0.3) is 11.1 Å². The van der Waals surface area contributed by atoms with Gasteiger partial charge < -0.3 is 4.74 Å². The van der Waals surface area contributed by atoms with E-state index < -0.39 is 0 Å². The van der Waals surface area contributed by atoms with E-state index >= 15 is 0 Å². The number of hydrogen-bond acceptors (Lipinski definition) is 1. The molecule has 0 aliphatic rings. The zero-order valence-electron chi connectivity index (χ0n) is 9.33. The monoisotopic (exact) mass is 216 g/mol. The maximum absolute atomic E-state index is 13.7. The molecule has 0 aliphatic heterocycles. The van der Waals surface area contributed by atoms with Gasteiger partial charge in [0.05, 0.1) is 7.11 Å². The Labute approximate surface area is 94.5 Å². The van der Waals surface area contributed by atoms with Crippen LogP contribution in [0.4, 0.5) is 4.39 Å². The molecule has 0 saturated carbocycles. The average molecular weight is 216 g/mol. The number of rotatable bonds is 2. The maximum Gasteiger partial charge on any atom is 0.131 e. The Bertz CT molecular complexity index is 506. The standard InChI is InChI=1S/C14H13FO/c1-10-7-8-14(16-2)12(9-10)11-5-3-4-6-13(11)15/h3-9H,1-2H3. The van der Waals surface area contributed by atoms with Crippen molar-refractivity contribution in [2.75, 3.05) is 7.11 Å². The van der Waals surface area contributed by atoms with Gasteiger partial charge in [-0.2, -0.15) is 0 Å². The van der Waals surface area contributed by atoms with Gasteiger partial charge in [0.25, 0.3) is 0 Å². The first kappa shape index (κ1) is 10.7. The minimum atomic E-state index is -0.230. The van der Waals surface area contributed by atoms with Crippen molar-refractivity contribution >= 4 is 0 Å². The molecule has 0 aromatic heterocycles. The maximum atomic E-state index is 13.7. The SMILES string of the molecule is COc1ccc(C)cc1-c1ccccc1F. The largest absolute Gasteiger partial charge is 0.496 e. The summed E-state index contributed by atoms with van der Waals surface area (Å²) in [5.74, 6) is 0.460. The molecule has 2 aromatic carbocycles. The molecule has 0 atom stereocenters. The number of hydrogen-bond donors (Lipinski definition) is 0. The smallest absolute Gasteiger partial charge is 0.131 e. The van der Waals surface area contributed by atoms with Crippen molar-refractivity contribution in [3.63, 3.8) is 0 Å². The van der Waals surface area contributed by atoms with Crippen molar-refractivity contribution in [1.29, 1.82) is 0 Å². The molecular formula is C14H13FO. The van der Waals surface area contributed by atoms with Crippen molar-refractivity contribution < 1.29 is 9.13 Å². The van der Waals surface area contributed by atoms with Crippen molar-refractivity contribution in [1.82, 2.24) is 0 Å². The quantitative estimate of drug-likeness (QED) is 0.741. The van der Waals surface area contributed by atoms with Gasteiger partial charge in [0.15, 0.2) is 0 Å². The second kappa shape index (κ2) is 4.35. The van der Waals surface area contributed by atoms with Crippen LogP contribution in [-0.2, 0) is 0 Å². The Morgan fingerprint density at radius 3 is 2.44 bits per heavy atom. The molecular weight excluding hydrogens is 203 g/mol. The highest BCUT2D eigenvalue weighted by atomic mass is 19.1. The zero-order chi connectivity index (χ0) is 11.5. The van der Waals surface area contributed by atoms with Crippen molar-refractivity contribution in [3.8, 4) is 16.9 Å². The van der Waals surface area contributed by atoms with E-state index in [4.69, 9.17) is 4.74 Å². The fraction of sp³-hybridized carbons (Fsp3) is 0.143. The van der Waals surface area contributed by atoms with Crippen molar-refractivity contribution in [2.24, 2.45) is 0 Å². The normalized spacial score (nSPS) is 10.2. The third kappa shape index (κ3) is 1.91. The van der Waals surface area contributed by atoms with Gasteiger partial charge in [-0.3, -0.25) is 0 Å². The molecule has 0 amide bonds. The van der Waals surface area contributed by atoms with Crippen LogP contribution in [0.1, 0.15) is 5.56 Å². The van der Waals surface area contributed by atoms with Crippen molar-refractivity contribution in [2.45, 2.75) is 6.92 Å².